The van der Waals surface area contributed by atoms with E-state index in [1.165, 1.54) is 5.56 Å². The maximum absolute atomic E-state index is 12.7. The number of nitrogens with one attached hydrogen (secondary N) is 1. The number of carbonyl (C=O) groups excluding carboxylic acids is 1. The number of rotatable bonds is 11. The van der Waals surface area contributed by atoms with Crippen LogP contribution in [0.4, 0.5) is 5.69 Å². The summed E-state index contributed by atoms with van der Waals surface area (Å²) in [6, 6.07) is 7.78. The van der Waals surface area contributed by atoms with Crippen LogP contribution >= 0.6 is 23.2 Å². The van der Waals surface area contributed by atoms with Crippen molar-refractivity contribution in [3.8, 4) is 11.5 Å². The topological polar surface area (TPSA) is 58.6 Å². The molecule has 2 aromatic carbocycles. The summed E-state index contributed by atoms with van der Waals surface area (Å²) >= 11 is 12.7. The Hall–Kier alpha value is -1.91. The summed E-state index contributed by atoms with van der Waals surface area (Å²) in [6.07, 6.45) is 4.51. The minimum absolute atomic E-state index is 0.0494. The number of amides is 1. The highest BCUT2D eigenvalue weighted by molar-refractivity contribution is 6.37. The minimum Gasteiger partial charge on any atom is -0.504 e. The Kier molecular flexibility index (Phi) is 9.73. The third-order valence-corrected chi connectivity index (χ3v) is 7.70. The Labute approximate surface area is 215 Å². The van der Waals surface area contributed by atoms with Crippen LogP contribution in [0.15, 0.2) is 24.3 Å². The SMILES string of the molecule is CCCCc1c(Cl)cc(NC(=O)COc2ccc(C(C)(C)CC)cc2C(C)(C)CC)c(O)c1Cl. The van der Waals surface area contributed by atoms with Crippen molar-refractivity contribution in [1.29, 1.82) is 0 Å². The van der Waals surface area contributed by atoms with E-state index in [4.69, 9.17) is 27.9 Å². The van der Waals surface area contributed by atoms with Crippen LogP contribution in [0.1, 0.15) is 90.8 Å². The van der Waals surface area contributed by atoms with Gasteiger partial charge >= 0.3 is 0 Å². The minimum atomic E-state index is -0.401. The van der Waals surface area contributed by atoms with Gasteiger partial charge in [-0.2, -0.15) is 0 Å². The number of unbranched alkanes of at least 4 members (excludes halogenated alkanes) is 1. The highest BCUT2D eigenvalue weighted by Gasteiger charge is 2.27. The van der Waals surface area contributed by atoms with Gasteiger partial charge in [0.1, 0.15) is 5.75 Å². The first-order valence-electron chi connectivity index (χ1n) is 12.1. The first-order valence-corrected chi connectivity index (χ1v) is 12.9. The number of hydrogen-bond acceptors (Lipinski definition) is 3. The Morgan fingerprint density at radius 2 is 1.68 bits per heavy atom. The van der Waals surface area contributed by atoms with Crippen LogP contribution in [-0.4, -0.2) is 17.6 Å². The molecular formula is C28H39Cl2NO3. The maximum atomic E-state index is 12.7. The molecule has 34 heavy (non-hydrogen) atoms. The molecule has 0 aliphatic carbocycles. The largest absolute Gasteiger partial charge is 0.504 e. The summed E-state index contributed by atoms with van der Waals surface area (Å²) in [5.41, 5.74) is 3.14. The number of halogens is 2. The molecule has 0 bridgehead atoms. The molecule has 0 fully saturated rings. The lowest BCUT2D eigenvalue weighted by atomic mass is 9.76. The molecule has 0 unspecified atom stereocenters. The normalized spacial score (nSPS) is 12.0. The molecule has 0 atom stereocenters. The summed E-state index contributed by atoms with van der Waals surface area (Å²) in [5, 5.41) is 13.8. The number of hydrogen-bond donors (Lipinski definition) is 2. The van der Waals surface area contributed by atoms with Gasteiger partial charge in [0, 0.05) is 10.6 Å². The monoisotopic (exact) mass is 507 g/mol. The number of anilines is 1. The van der Waals surface area contributed by atoms with Gasteiger partial charge in [0.05, 0.1) is 10.7 Å². The third-order valence-electron chi connectivity index (χ3n) is 6.96. The van der Waals surface area contributed by atoms with E-state index in [1.807, 2.05) is 6.07 Å². The summed E-state index contributed by atoms with van der Waals surface area (Å²) < 4.78 is 5.98. The van der Waals surface area contributed by atoms with Crippen LogP contribution in [0.2, 0.25) is 10.0 Å². The van der Waals surface area contributed by atoms with Crippen LogP contribution < -0.4 is 10.1 Å². The standard InChI is InChI=1S/C28H39Cl2NO3/c1-8-11-12-19-21(29)16-22(26(33)25(19)30)31-24(32)17-34-23-14-13-18(27(4,5)9-2)15-20(23)28(6,7)10-3/h13-16,33H,8-12,17H2,1-7H3,(H,31,32). The van der Waals surface area contributed by atoms with E-state index >= 15 is 0 Å². The summed E-state index contributed by atoms with van der Waals surface area (Å²) in [4.78, 5) is 12.7. The zero-order valence-corrected chi connectivity index (χ0v) is 23.1. The van der Waals surface area contributed by atoms with Gasteiger partial charge in [0.25, 0.3) is 5.91 Å². The molecule has 4 nitrogen and oxygen atoms in total. The Bertz CT molecular complexity index is 1020. The second-order valence-electron chi connectivity index (χ2n) is 10.2. The number of ether oxygens (including phenoxy) is 1. The van der Waals surface area contributed by atoms with E-state index < -0.39 is 5.91 Å². The number of phenols is 1. The van der Waals surface area contributed by atoms with Crippen molar-refractivity contribution in [2.45, 2.75) is 91.4 Å². The highest BCUT2D eigenvalue weighted by atomic mass is 35.5. The van der Waals surface area contributed by atoms with Gasteiger partial charge < -0.3 is 15.2 Å². The van der Waals surface area contributed by atoms with Crippen molar-refractivity contribution in [3.63, 3.8) is 0 Å². The van der Waals surface area contributed by atoms with E-state index in [0.717, 1.165) is 31.2 Å². The Morgan fingerprint density at radius 3 is 2.26 bits per heavy atom. The molecular weight excluding hydrogens is 469 g/mol. The highest BCUT2D eigenvalue weighted by Crippen LogP contribution is 2.41. The molecule has 0 radical (unpaired) electrons. The van der Waals surface area contributed by atoms with Crippen LogP contribution in [0.25, 0.3) is 0 Å². The Morgan fingerprint density at radius 1 is 1.03 bits per heavy atom. The molecule has 188 valence electrons. The van der Waals surface area contributed by atoms with Crippen molar-refractivity contribution in [2.24, 2.45) is 0 Å². The number of carbonyl (C=O) groups is 1. The number of aromatic hydroxyl groups is 1. The molecule has 1 amide bonds. The van der Waals surface area contributed by atoms with E-state index in [2.05, 4.69) is 65.9 Å². The van der Waals surface area contributed by atoms with Crippen molar-refractivity contribution in [3.05, 3.63) is 51.0 Å². The molecule has 2 rings (SSSR count). The molecule has 6 heteroatoms. The molecule has 0 heterocycles. The molecule has 0 aliphatic rings. The summed E-state index contributed by atoms with van der Waals surface area (Å²) in [7, 11) is 0. The fourth-order valence-electron chi connectivity index (χ4n) is 3.66. The summed E-state index contributed by atoms with van der Waals surface area (Å²) in [5.74, 6) is 0.110. The molecule has 2 aromatic rings. The first-order chi connectivity index (χ1) is 15.9. The van der Waals surface area contributed by atoms with Crippen molar-refractivity contribution >= 4 is 34.8 Å². The number of phenolic OH excluding ortho intramolecular Hbond substituents is 1. The molecule has 0 spiro atoms. The third kappa shape index (κ3) is 6.60. The average molecular weight is 509 g/mol. The van der Waals surface area contributed by atoms with Gasteiger partial charge in [-0.3, -0.25) is 4.79 Å². The van der Waals surface area contributed by atoms with Gasteiger partial charge in [-0.25, -0.2) is 0 Å². The van der Waals surface area contributed by atoms with Crippen LogP contribution in [0, 0.1) is 0 Å². The van der Waals surface area contributed by atoms with Crippen molar-refractivity contribution < 1.29 is 14.6 Å². The van der Waals surface area contributed by atoms with Gasteiger partial charge in [-0.05, 0) is 59.8 Å². The zero-order chi connectivity index (χ0) is 25.7. The molecule has 0 aromatic heterocycles. The molecule has 0 aliphatic heterocycles. The molecule has 2 N–H and O–H groups in total. The quantitative estimate of drug-likeness (QED) is 0.300. The van der Waals surface area contributed by atoms with E-state index in [1.54, 1.807) is 6.07 Å². The van der Waals surface area contributed by atoms with Gasteiger partial charge in [0.2, 0.25) is 0 Å². The van der Waals surface area contributed by atoms with E-state index in [-0.39, 0.29) is 33.9 Å². The van der Waals surface area contributed by atoms with Crippen molar-refractivity contribution in [2.75, 3.05) is 11.9 Å². The number of benzene rings is 2. The van der Waals surface area contributed by atoms with Crippen LogP contribution in [0.5, 0.6) is 11.5 Å². The lowest BCUT2D eigenvalue weighted by Gasteiger charge is -2.30. The predicted octanol–water partition coefficient (Wildman–Crippen LogP) is 8.43. The zero-order valence-electron chi connectivity index (χ0n) is 21.6. The second kappa shape index (κ2) is 11.7. The second-order valence-corrected chi connectivity index (χ2v) is 11.0. The Balaban J connectivity index is 2.23. The molecule has 0 saturated heterocycles. The fourth-order valence-corrected chi connectivity index (χ4v) is 4.30. The van der Waals surface area contributed by atoms with Crippen molar-refractivity contribution in [1.82, 2.24) is 0 Å². The lowest BCUT2D eigenvalue weighted by molar-refractivity contribution is -0.118. The van der Waals surface area contributed by atoms with Crippen LogP contribution in [-0.2, 0) is 22.0 Å². The smallest absolute Gasteiger partial charge is 0.262 e. The molecule has 0 saturated carbocycles. The lowest BCUT2D eigenvalue weighted by Crippen LogP contribution is -2.24. The van der Waals surface area contributed by atoms with Gasteiger partial charge in [0.15, 0.2) is 12.4 Å². The first kappa shape index (κ1) is 28.3. The summed E-state index contributed by atoms with van der Waals surface area (Å²) in [6.45, 7) is 15.0. The van der Waals surface area contributed by atoms with Gasteiger partial charge in [-0.1, -0.05) is 90.2 Å². The average Bonchev–Trinajstić information content (AvgIpc) is 2.80. The fraction of sp³-hybridized carbons (Fsp3) is 0.536. The van der Waals surface area contributed by atoms with E-state index in [0.29, 0.717) is 22.8 Å². The maximum Gasteiger partial charge on any atom is 0.262 e. The van der Waals surface area contributed by atoms with E-state index in [9.17, 15) is 9.90 Å². The predicted molar refractivity (Wildman–Crippen MR) is 144 cm³/mol. The van der Waals surface area contributed by atoms with Gasteiger partial charge in [-0.15, -0.1) is 0 Å². The van der Waals surface area contributed by atoms with Crippen LogP contribution in [0.3, 0.4) is 0 Å².